The normalized spacial score (nSPS) is 24.5. The average Bonchev–Trinajstić information content (AvgIpc) is 3.05. The van der Waals surface area contributed by atoms with Crippen LogP contribution in [0.4, 0.5) is 0 Å². The molecule has 0 spiro atoms. The first-order valence-corrected chi connectivity index (χ1v) is 10.1. The molecule has 0 unspecified atom stereocenters. The SMILES string of the molecule is O=C(O)CN1C(=O)[C@@H]2[C@H](c3cccc(Br)c3)c3sc(=O)[nH]c3S[C@@H]2C1=O. The predicted molar refractivity (Wildman–Crippen MR) is 98.4 cm³/mol. The van der Waals surface area contributed by atoms with Crippen molar-refractivity contribution in [3.05, 3.63) is 48.8 Å². The molecule has 134 valence electrons. The largest absolute Gasteiger partial charge is 0.480 e. The summed E-state index contributed by atoms with van der Waals surface area (Å²) >= 11 is 5.56. The second-order valence-electron chi connectivity index (χ2n) is 5.96. The number of hydrogen-bond acceptors (Lipinski definition) is 6. The molecule has 7 nitrogen and oxygen atoms in total. The first kappa shape index (κ1) is 17.5. The molecule has 2 aliphatic heterocycles. The van der Waals surface area contributed by atoms with Crippen LogP contribution >= 0.6 is 39.0 Å². The van der Waals surface area contributed by atoms with Gasteiger partial charge in [0.05, 0.1) is 10.9 Å². The van der Waals surface area contributed by atoms with E-state index in [0.29, 0.717) is 9.90 Å². The minimum Gasteiger partial charge on any atom is -0.480 e. The van der Waals surface area contributed by atoms with Gasteiger partial charge in [0, 0.05) is 15.3 Å². The third kappa shape index (κ3) is 2.72. The van der Waals surface area contributed by atoms with Crippen LogP contribution in [0.25, 0.3) is 0 Å². The lowest BCUT2D eigenvalue weighted by Gasteiger charge is -2.29. The van der Waals surface area contributed by atoms with E-state index in [1.807, 2.05) is 24.3 Å². The zero-order valence-corrected chi connectivity index (χ0v) is 16.2. The Morgan fingerprint density at radius 2 is 2.04 bits per heavy atom. The maximum Gasteiger partial charge on any atom is 0.323 e. The molecule has 3 atom stereocenters. The van der Waals surface area contributed by atoms with Crippen LogP contribution in [0.2, 0.25) is 0 Å². The van der Waals surface area contributed by atoms with Crippen molar-refractivity contribution in [2.45, 2.75) is 16.2 Å². The molecule has 26 heavy (non-hydrogen) atoms. The lowest BCUT2D eigenvalue weighted by atomic mass is 9.83. The van der Waals surface area contributed by atoms with Crippen LogP contribution in [-0.4, -0.2) is 44.6 Å². The van der Waals surface area contributed by atoms with Crippen molar-refractivity contribution in [1.29, 1.82) is 0 Å². The van der Waals surface area contributed by atoms with E-state index in [-0.39, 0.29) is 4.87 Å². The van der Waals surface area contributed by atoms with Crippen molar-refractivity contribution in [1.82, 2.24) is 9.88 Å². The number of carboxylic acids is 1. The van der Waals surface area contributed by atoms with Crippen LogP contribution in [0.15, 0.2) is 38.6 Å². The minimum absolute atomic E-state index is 0.246. The number of aliphatic carboxylic acids is 1. The number of imide groups is 1. The third-order valence-corrected chi connectivity index (χ3v) is 7.31. The molecule has 2 N–H and O–H groups in total. The number of fused-ring (bicyclic) bond motifs is 2. The number of aromatic nitrogens is 1. The van der Waals surface area contributed by atoms with Gasteiger partial charge in [-0.1, -0.05) is 51.2 Å². The molecule has 1 aromatic carbocycles. The molecule has 2 aliphatic rings. The Bertz CT molecular complexity index is 1000. The lowest BCUT2D eigenvalue weighted by molar-refractivity contribution is -0.149. The molecule has 0 aliphatic carbocycles. The molecule has 0 saturated carbocycles. The Balaban J connectivity index is 1.86. The van der Waals surface area contributed by atoms with Crippen LogP contribution < -0.4 is 4.87 Å². The monoisotopic (exact) mass is 454 g/mol. The van der Waals surface area contributed by atoms with Gasteiger partial charge in [-0.3, -0.25) is 24.1 Å². The van der Waals surface area contributed by atoms with E-state index in [9.17, 15) is 19.2 Å². The van der Waals surface area contributed by atoms with Gasteiger partial charge in [0.1, 0.15) is 11.8 Å². The fourth-order valence-electron chi connectivity index (χ4n) is 3.42. The quantitative estimate of drug-likeness (QED) is 0.685. The molecule has 1 fully saturated rings. The third-order valence-electron chi connectivity index (χ3n) is 4.42. The number of carbonyl (C=O) groups is 3. The summed E-state index contributed by atoms with van der Waals surface area (Å²) < 4.78 is 0.813. The van der Waals surface area contributed by atoms with E-state index in [2.05, 4.69) is 20.9 Å². The van der Waals surface area contributed by atoms with E-state index in [4.69, 9.17) is 5.11 Å². The number of hydrogen-bond donors (Lipinski definition) is 2. The highest BCUT2D eigenvalue weighted by Gasteiger charge is 2.56. The molecular weight excluding hydrogens is 444 g/mol. The van der Waals surface area contributed by atoms with Crippen LogP contribution in [0.3, 0.4) is 0 Å². The van der Waals surface area contributed by atoms with Crippen LogP contribution in [0.1, 0.15) is 16.4 Å². The van der Waals surface area contributed by atoms with Gasteiger partial charge in [-0.15, -0.1) is 0 Å². The minimum atomic E-state index is -1.24. The number of halogens is 1. The van der Waals surface area contributed by atoms with E-state index in [1.54, 1.807) is 0 Å². The number of carbonyl (C=O) groups excluding carboxylic acids is 2. The number of amides is 2. The summed E-state index contributed by atoms with van der Waals surface area (Å²) in [5, 5.41) is 8.85. The van der Waals surface area contributed by atoms with Crippen molar-refractivity contribution in [3.8, 4) is 0 Å². The number of likely N-dealkylation sites (tertiary alicyclic amines) is 1. The van der Waals surface area contributed by atoms with Gasteiger partial charge in [-0.25, -0.2) is 0 Å². The Hall–Kier alpha value is -1.91. The van der Waals surface area contributed by atoms with Gasteiger partial charge in [0.15, 0.2) is 0 Å². The fourth-order valence-corrected chi connectivity index (χ4v) is 6.38. The average molecular weight is 455 g/mol. The van der Waals surface area contributed by atoms with Crippen molar-refractivity contribution in [3.63, 3.8) is 0 Å². The zero-order valence-electron chi connectivity index (χ0n) is 13.0. The van der Waals surface area contributed by atoms with Gasteiger partial charge in [0.25, 0.3) is 0 Å². The molecule has 4 rings (SSSR count). The Morgan fingerprint density at radius 3 is 2.73 bits per heavy atom. The lowest BCUT2D eigenvalue weighted by Crippen LogP contribution is -2.36. The van der Waals surface area contributed by atoms with Crippen molar-refractivity contribution < 1.29 is 19.5 Å². The Morgan fingerprint density at radius 1 is 1.27 bits per heavy atom. The van der Waals surface area contributed by atoms with E-state index < -0.39 is 41.4 Å². The van der Waals surface area contributed by atoms with Crippen LogP contribution in [0, 0.1) is 5.92 Å². The highest BCUT2D eigenvalue weighted by Crippen LogP contribution is 2.52. The summed E-state index contributed by atoms with van der Waals surface area (Å²) in [7, 11) is 0. The first-order chi connectivity index (χ1) is 12.4. The van der Waals surface area contributed by atoms with Crippen LogP contribution in [-0.2, 0) is 14.4 Å². The number of thiazole rings is 1. The summed E-state index contributed by atoms with van der Waals surface area (Å²) in [5.41, 5.74) is 0.796. The number of H-pyrrole nitrogens is 1. The van der Waals surface area contributed by atoms with E-state index in [1.165, 1.54) is 0 Å². The van der Waals surface area contributed by atoms with Crippen LogP contribution in [0.5, 0.6) is 0 Å². The molecule has 1 aromatic heterocycles. The fraction of sp³-hybridized carbons (Fsp3) is 0.250. The van der Waals surface area contributed by atoms with Gasteiger partial charge >= 0.3 is 10.8 Å². The number of benzene rings is 1. The molecule has 2 aromatic rings. The van der Waals surface area contributed by atoms with Crippen molar-refractivity contribution in [2.24, 2.45) is 5.92 Å². The number of carboxylic acid groups (broad SMARTS) is 1. The van der Waals surface area contributed by atoms with E-state index in [0.717, 1.165) is 38.0 Å². The number of aromatic amines is 1. The summed E-state index contributed by atoms with van der Waals surface area (Å²) in [5.74, 6) is -3.48. The van der Waals surface area contributed by atoms with Gasteiger partial charge in [0.2, 0.25) is 11.8 Å². The Labute approximate surface area is 163 Å². The number of nitrogens with one attached hydrogen (secondary N) is 1. The van der Waals surface area contributed by atoms with Gasteiger partial charge in [-0.05, 0) is 17.7 Å². The topological polar surface area (TPSA) is 108 Å². The second kappa shape index (κ2) is 6.36. The Kier molecular flexibility index (Phi) is 4.28. The predicted octanol–water partition coefficient (Wildman–Crippen LogP) is 1.87. The summed E-state index contributed by atoms with van der Waals surface area (Å²) in [6.07, 6.45) is 0. The first-order valence-electron chi connectivity index (χ1n) is 7.59. The molecule has 3 heterocycles. The summed E-state index contributed by atoms with van der Waals surface area (Å²) in [4.78, 5) is 52.5. The maximum atomic E-state index is 12.9. The maximum absolute atomic E-state index is 12.9. The number of thioether (sulfide) groups is 1. The van der Waals surface area contributed by atoms with Gasteiger partial charge in [-0.2, -0.15) is 0 Å². The number of nitrogens with zero attached hydrogens (tertiary/aromatic N) is 1. The van der Waals surface area contributed by atoms with Crippen molar-refractivity contribution >= 4 is 56.8 Å². The molecule has 10 heteroatoms. The zero-order chi connectivity index (χ0) is 18.6. The summed E-state index contributed by atoms with van der Waals surface area (Å²) in [6, 6.07) is 7.36. The molecule has 0 radical (unpaired) electrons. The summed E-state index contributed by atoms with van der Waals surface area (Å²) in [6.45, 7) is -0.652. The molecule has 1 saturated heterocycles. The second-order valence-corrected chi connectivity index (χ2v) is 9.04. The number of rotatable bonds is 3. The van der Waals surface area contributed by atoms with E-state index >= 15 is 0 Å². The highest BCUT2D eigenvalue weighted by atomic mass is 79.9. The smallest absolute Gasteiger partial charge is 0.323 e. The molecular formula is C16H11BrN2O5S2. The van der Waals surface area contributed by atoms with Crippen molar-refractivity contribution in [2.75, 3.05) is 6.54 Å². The standard InChI is InChI=1S/C16H11BrN2O5S2/c17-7-3-1-2-6(4-7)9-10-12(25-13-11(9)26-16(24)18-13)15(23)19(14(10)22)5-8(20)21/h1-4,9-10,12H,5H2,(H,18,24)(H,20,21)/t9-,10+,12-/m0/s1. The van der Waals surface area contributed by atoms with Gasteiger partial charge < -0.3 is 10.1 Å². The molecule has 2 amide bonds. The molecule has 0 bridgehead atoms. The highest BCUT2D eigenvalue weighted by molar-refractivity contribution is 9.10.